The minimum Gasteiger partial charge on any atom is -0.313 e. The third-order valence-corrected chi connectivity index (χ3v) is 7.58. The topological polar surface area (TPSA) is 9.86 Å². The van der Waals surface area contributed by atoms with E-state index in [4.69, 9.17) is 0 Å². The summed E-state index contributed by atoms with van der Waals surface area (Å²) in [6.45, 7) is 4.23. The van der Waals surface area contributed by atoms with Crippen LogP contribution >= 0.6 is 0 Å². The highest BCUT2D eigenvalue weighted by atomic mass is 15.0. The Kier molecular flexibility index (Phi) is 5.26. The van der Waals surface area contributed by atoms with Crippen LogP contribution in [0.25, 0.3) is 66.1 Å². The second-order valence-electron chi connectivity index (χ2n) is 9.84. The number of nitrogens with zero attached hydrogens (tertiary/aromatic N) is 2. The van der Waals surface area contributed by atoms with Crippen LogP contribution < -0.4 is 0 Å². The lowest BCUT2D eigenvalue weighted by atomic mass is 10.0. The Morgan fingerprint density at radius 1 is 0.553 bits per heavy atom. The van der Waals surface area contributed by atoms with E-state index in [2.05, 4.69) is 156 Å². The standard InChI is InChI=1S/C36H28N2/c1-3-4-12-25(2)37-33-17-10-8-15-29(33)31-23-26(19-21-35(31)37)27-20-22-36-32(24-27)30-16-9-11-18-34(30)38(36)28-13-6-5-7-14-28/h3-24H,1-2H3. The van der Waals surface area contributed by atoms with E-state index in [0.29, 0.717) is 0 Å². The average Bonchev–Trinajstić information content (AvgIpc) is 3.48. The summed E-state index contributed by atoms with van der Waals surface area (Å²) in [6, 6.07) is 41.8. The van der Waals surface area contributed by atoms with Gasteiger partial charge < -0.3 is 9.13 Å². The number of hydrogen-bond acceptors (Lipinski definition) is 0. The van der Waals surface area contributed by atoms with Crippen molar-refractivity contribution < 1.29 is 0 Å². The number of fused-ring (bicyclic) bond motifs is 6. The zero-order valence-electron chi connectivity index (χ0n) is 21.6. The molecule has 0 N–H and O–H groups in total. The molecule has 182 valence electrons. The molecular weight excluding hydrogens is 460 g/mol. The third kappa shape index (κ3) is 3.42. The highest BCUT2D eigenvalue weighted by Gasteiger charge is 2.15. The van der Waals surface area contributed by atoms with Crippen LogP contribution in [0.3, 0.4) is 0 Å². The molecule has 0 radical (unpaired) electrons. The van der Waals surface area contributed by atoms with Crippen molar-refractivity contribution in [3.8, 4) is 16.8 Å². The van der Waals surface area contributed by atoms with E-state index < -0.39 is 0 Å². The summed E-state index contributed by atoms with van der Waals surface area (Å²) in [6.07, 6.45) is 6.35. The molecule has 0 aliphatic carbocycles. The molecule has 7 rings (SSSR count). The van der Waals surface area contributed by atoms with Crippen LogP contribution in [0.1, 0.15) is 13.8 Å². The quantitative estimate of drug-likeness (QED) is 0.218. The summed E-state index contributed by atoms with van der Waals surface area (Å²) in [5.74, 6) is 0. The molecule has 0 aliphatic rings. The van der Waals surface area contributed by atoms with E-state index in [9.17, 15) is 0 Å². The Bertz CT molecular complexity index is 2030. The van der Waals surface area contributed by atoms with Crippen molar-refractivity contribution in [2.24, 2.45) is 0 Å². The average molecular weight is 489 g/mol. The molecule has 38 heavy (non-hydrogen) atoms. The van der Waals surface area contributed by atoms with Gasteiger partial charge in [0.15, 0.2) is 0 Å². The van der Waals surface area contributed by atoms with Crippen molar-refractivity contribution >= 4 is 49.3 Å². The van der Waals surface area contributed by atoms with Crippen LogP contribution in [0.2, 0.25) is 0 Å². The predicted molar refractivity (Wildman–Crippen MR) is 164 cm³/mol. The number of benzene rings is 5. The third-order valence-electron chi connectivity index (χ3n) is 7.58. The predicted octanol–water partition coefficient (Wildman–Crippen LogP) is 10.00. The molecule has 2 nitrogen and oxygen atoms in total. The number of aromatic nitrogens is 2. The number of allylic oxidation sites excluding steroid dienone is 4. The second kappa shape index (κ2) is 8.93. The molecular formula is C36H28N2. The largest absolute Gasteiger partial charge is 0.313 e. The first-order chi connectivity index (χ1) is 18.7. The van der Waals surface area contributed by atoms with Gasteiger partial charge in [0.1, 0.15) is 0 Å². The van der Waals surface area contributed by atoms with E-state index in [0.717, 1.165) is 0 Å². The molecule has 0 fully saturated rings. The Morgan fingerprint density at radius 2 is 1.08 bits per heavy atom. The van der Waals surface area contributed by atoms with Gasteiger partial charge in [-0.05, 0) is 79.6 Å². The first-order valence-corrected chi connectivity index (χ1v) is 13.2. The first kappa shape index (κ1) is 22.4. The molecule has 0 amide bonds. The van der Waals surface area contributed by atoms with Gasteiger partial charge in [-0.1, -0.05) is 78.9 Å². The minimum absolute atomic E-state index is 1.18. The van der Waals surface area contributed by atoms with E-state index in [1.54, 1.807) is 0 Å². The van der Waals surface area contributed by atoms with Gasteiger partial charge in [-0.2, -0.15) is 0 Å². The van der Waals surface area contributed by atoms with Gasteiger partial charge in [-0.15, -0.1) is 0 Å². The maximum Gasteiger partial charge on any atom is 0.0541 e. The monoisotopic (exact) mass is 488 g/mol. The van der Waals surface area contributed by atoms with Crippen molar-refractivity contribution in [1.82, 2.24) is 9.13 Å². The molecule has 0 spiro atoms. The molecule has 0 bridgehead atoms. The zero-order chi connectivity index (χ0) is 25.6. The van der Waals surface area contributed by atoms with Crippen LogP contribution in [0.15, 0.2) is 133 Å². The summed E-state index contributed by atoms with van der Waals surface area (Å²) in [4.78, 5) is 0. The Hall–Kier alpha value is -4.82. The molecule has 5 aromatic carbocycles. The van der Waals surface area contributed by atoms with Crippen LogP contribution in [0, 0.1) is 0 Å². The molecule has 0 saturated heterocycles. The zero-order valence-corrected chi connectivity index (χ0v) is 21.6. The van der Waals surface area contributed by atoms with E-state index in [1.165, 1.54) is 66.1 Å². The Morgan fingerprint density at radius 3 is 1.79 bits per heavy atom. The van der Waals surface area contributed by atoms with Gasteiger partial charge in [0, 0.05) is 32.9 Å². The Balaban J connectivity index is 1.45. The minimum atomic E-state index is 1.18. The molecule has 0 aliphatic heterocycles. The summed E-state index contributed by atoms with van der Waals surface area (Å²) in [5, 5.41) is 5.10. The summed E-state index contributed by atoms with van der Waals surface area (Å²) >= 11 is 0. The van der Waals surface area contributed by atoms with Crippen molar-refractivity contribution in [2.75, 3.05) is 0 Å². The number of hydrogen-bond donors (Lipinski definition) is 0. The lowest BCUT2D eigenvalue weighted by Gasteiger charge is -2.09. The van der Waals surface area contributed by atoms with E-state index >= 15 is 0 Å². The normalized spacial score (nSPS) is 12.5. The molecule has 0 atom stereocenters. The summed E-state index contributed by atoms with van der Waals surface area (Å²) in [7, 11) is 0. The van der Waals surface area contributed by atoms with Gasteiger partial charge >= 0.3 is 0 Å². The lowest BCUT2D eigenvalue weighted by Crippen LogP contribution is -1.93. The second-order valence-corrected chi connectivity index (χ2v) is 9.84. The Labute approximate surface area is 222 Å². The van der Waals surface area contributed by atoms with Crippen molar-refractivity contribution in [3.63, 3.8) is 0 Å². The van der Waals surface area contributed by atoms with Gasteiger partial charge in [0.05, 0.1) is 22.1 Å². The summed E-state index contributed by atoms with van der Waals surface area (Å²) in [5.41, 5.74) is 9.77. The van der Waals surface area contributed by atoms with Gasteiger partial charge in [0.25, 0.3) is 0 Å². The fraction of sp³-hybridized carbons (Fsp3) is 0.0556. The smallest absolute Gasteiger partial charge is 0.0541 e. The van der Waals surface area contributed by atoms with Gasteiger partial charge in [-0.3, -0.25) is 0 Å². The summed E-state index contributed by atoms with van der Waals surface area (Å²) < 4.78 is 4.73. The fourth-order valence-electron chi connectivity index (χ4n) is 5.85. The highest BCUT2D eigenvalue weighted by molar-refractivity contribution is 6.13. The van der Waals surface area contributed by atoms with Crippen LogP contribution in [0.4, 0.5) is 0 Å². The molecule has 2 aromatic heterocycles. The first-order valence-electron chi connectivity index (χ1n) is 13.2. The SMILES string of the molecule is CC=CC=C(C)n1c2ccccc2c2cc(-c3ccc4c(c3)c3ccccc3n4-c3ccccc3)ccc21. The number of rotatable bonds is 4. The lowest BCUT2D eigenvalue weighted by molar-refractivity contribution is 1.18. The molecule has 0 unspecified atom stereocenters. The highest BCUT2D eigenvalue weighted by Crippen LogP contribution is 2.37. The molecule has 2 heterocycles. The van der Waals surface area contributed by atoms with Crippen molar-refractivity contribution in [1.29, 1.82) is 0 Å². The number of para-hydroxylation sites is 3. The molecule has 0 saturated carbocycles. The maximum absolute atomic E-state index is 2.37. The van der Waals surface area contributed by atoms with Crippen molar-refractivity contribution in [3.05, 3.63) is 133 Å². The van der Waals surface area contributed by atoms with Gasteiger partial charge in [0.2, 0.25) is 0 Å². The van der Waals surface area contributed by atoms with Crippen LogP contribution in [0.5, 0.6) is 0 Å². The van der Waals surface area contributed by atoms with E-state index in [1.807, 2.05) is 0 Å². The van der Waals surface area contributed by atoms with Crippen LogP contribution in [-0.4, -0.2) is 9.13 Å². The maximum atomic E-state index is 2.37. The fourth-order valence-corrected chi connectivity index (χ4v) is 5.85. The molecule has 2 heteroatoms. The van der Waals surface area contributed by atoms with Crippen molar-refractivity contribution in [2.45, 2.75) is 13.8 Å². The van der Waals surface area contributed by atoms with Gasteiger partial charge in [-0.25, -0.2) is 0 Å². The van der Waals surface area contributed by atoms with Crippen LogP contribution in [-0.2, 0) is 0 Å². The van der Waals surface area contributed by atoms with E-state index in [-0.39, 0.29) is 0 Å². The molecule has 7 aromatic rings.